The molecule has 1 heterocycles. The van der Waals surface area contributed by atoms with Crippen molar-refractivity contribution >= 4 is 5.91 Å². The standard InChI is InChI=1S/C20H24N2O2/c1-22(13-10-16-8-11-21-12-9-16)20(23)15-24-19-7-6-17-4-2-3-5-18(17)14-19/h6-9,11-12,14H,2-5,10,13,15H2,1H3. The Labute approximate surface area is 143 Å². The molecule has 0 saturated carbocycles. The van der Waals surface area contributed by atoms with Gasteiger partial charge in [-0.3, -0.25) is 9.78 Å². The van der Waals surface area contributed by atoms with E-state index in [1.54, 1.807) is 17.3 Å². The second kappa shape index (κ2) is 7.95. The summed E-state index contributed by atoms with van der Waals surface area (Å²) in [6.07, 6.45) is 9.16. The van der Waals surface area contributed by atoms with Crippen LogP contribution in [-0.2, 0) is 24.1 Å². The van der Waals surface area contributed by atoms with Crippen molar-refractivity contribution in [2.24, 2.45) is 0 Å². The Kier molecular flexibility index (Phi) is 5.47. The first-order valence-corrected chi connectivity index (χ1v) is 8.60. The molecule has 1 aliphatic carbocycles. The summed E-state index contributed by atoms with van der Waals surface area (Å²) in [5.41, 5.74) is 3.98. The second-order valence-electron chi connectivity index (χ2n) is 6.35. The third kappa shape index (κ3) is 4.34. The molecule has 3 rings (SSSR count). The number of ether oxygens (including phenoxy) is 1. The molecular weight excluding hydrogens is 300 g/mol. The SMILES string of the molecule is CN(CCc1ccncc1)C(=O)COc1ccc2c(c1)CCCC2. The maximum Gasteiger partial charge on any atom is 0.260 e. The number of fused-ring (bicyclic) bond motifs is 1. The van der Waals surface area contributed by atoms with E-state index in [0.717, 1.165) is 25.0 Å². The minimum atomic E-state index is 0.00165. The van der Waals surface area contributed by atoms with Gasteiger partial charge < -0.3 is 9.64 Å². The molecule has 0 radical (unpaired) electrons. The molecule has 0 fully saturated rings. The van der Waals surface area contributed by atoms with Crippen molar-refractivity contribution in [2.75, 3.05) is 20.2 Å². The Morgan fingerprint density at radius 1 is 1.12 bits per heavy atom. The van der Waals surface area contributed by atoms with Crippen molar-refractivity contribution in [3.05, 3.63) is 59.4 Å². The molecule has 126 valence electrons. The summed E-state index contributed by atoms with van der Waals surface area (Å²) >= 11 is 0. The van der Waals surface area contributed by atoms with E-state index in [1.165, 1.54) is 29.5 Å². The van der Waals surface area contributed by atoms with Gasteiger partial charge >= 0.3 is 0 Å². The van der Waals surface area contributed by atoms with Gasteiger partial charge in [-0.15, -0.1) is 0 Å². The first-order valence-electron chi connectivity index (χ1n) is 8.60. The van der Waals surface area contributed by atoms with Gasteiger partial charge in [0.1, 0.15) is 5.75 Å². The molecule has 24 heavy (non-hydrogen) atoms. The van der Waals surface area contributed by atoms with Crippen LogP contribution in [0.5, 0.6) is 5.75 Å². The fourth-order valence-corrected chi connectivity index (χ4v) is 3.03. The van der Waals surface area contributed by atoms with Gasteiger partial charge in [-0.2, -0.15) is 0 Å². The van der Waals surface area contributed by atoms with Crippen LogP contribution in [0.3, 0.4) is 0 Å². The zero-order valence-corrected chi connectivity index (χ0v) is 14.2. The molecule has 0 bridgehead atoms. The lowest BCUT2D eigenvalue weighted by Crippen LogP contribution is -2.33. The lowest BCUT2D eigenvalue weighted by atomic mass is 9.92. The predicted octanol–water partition coefficient (Wildman–Crippen LogP) is 3.04. The minimum Gasteiger partial charge on any atom is -0.484 e. The van der Waals surface area contributed by atoms with E-state index in [-0.39, 0.29) is 12.5 Å². The van der Waals surface area contributed by atoms with Crippen molar-refractivity contribution in [3.63, 3.8) is 0 Å². The molecule has 0 saturated heterocycles. The van der Waals surface area contributed by atoms with Crippen LogP contribution in [0.1, 0.15) is 29.5 Å². The van der Waals surface area contributed by atoms with Crippen molar-refractivity contribution in [3.8, 4) is 5.75 Å². The molecule has 2 aromatic rings. The van der Waals surface area contributed by atoms with E-state index < -0.39 is 0 Å². The van der Waals surface area contributed by atoms with Crippen LogP contribution in [0.25, 0.3) is 0 Å². The van der Waals surface area contributed by atoms with Crippen molar-refractivity contribution in [1.29, 1.82) is 0 Å². The van der Waals surface area contributed by atoms with Crippen LogP contribution in [0.2, 0.25) is 0 Å². The van der Waals surface area contributed by atoms with Crippen LogP contribution >= 0.6 is 0 Å². The third-order valence-electron chi connectivity index (χ3n) is 4.59. The Morgan fingerprint density at radius 3 is 2.67 bits per heavy atom. The molecule has 0 N–H and O–H groups in total. The highest BCUT2D eigenvalue weighted by Gasteiger charge is 2.12. The average Bonchev–Trinajstić information content (AvgIpc) is 2.64. The number of aryl methyl sites for hydroxylation is 2. The van der Waals surface area contributed by atoms with E-state index >= 15 is 0 Å². The summed E-state index contributed by atoms with van der Waals surface area (Å²) in [6.45, 7) is 0.766. The topological polar surface area (TPSA) is 42.4 Å². The van der Waals surface area contributed by atoms with Gasteiger partial charge in [0.2, 0.25) is 0 Å². The number of carbonyl (C=O) groups is 1. The Balaban J connectivity index is 1.48. The maximum atomic E-state index is 12.2. The largest absolute Gasteiger partial charge is 0.484 e. The van der Waals surface area contributed by atoms with Crippen molar-refractivity contribution in [2.45, 2.75) is 32.1 Å². The molecule has 0 unspecified atom stereocenters. The number of hydrogen-bond acceptors (Lipinski definition) is 3. The number of nitrogens with zero attached hydrogens (tertiary/aromatic N) is 2. The van der Waals surface area contributed by atoms with E-state index in [1.807, 2.05) is 25.2 Å². The Morgan fingerprint density at radius 2 is 1.88 bits per heavy atom. The van der Waals surface area contributed by atoms with E-state index in [4.69, 9.17) is 4.74 Å². The van der Waals surface area contributed by atoms with Crippen molar-refractivity contribution < 1.29 is 9.53 Å². The number of hydrogen-bond donors (Lipinski definition) is 0. The van der Waals surface area contributed by atoms with Gasteiger partial charge in [-0.25, -0.2) is 0 Å². The highest BCUT2D eigenvalue weighted by molar-refractivity contribution is 5.77. The van der Waals surface area contributed by atoms with Crippen molar-refractivity contribution in [1.82, 2.24) is 9.88 Å². The summed E-state index contributed by atoms with van der Waals surface area (Å²) in [7, 11) is 1.82. The molecule has 0 aliphatic heterocycles. The number of carbonyl (C=O) groups excluding carboxylic acids is 1. The quantitative estimate of drug-likeness (QED) is 0.820. The van der Waals surface area contributed by atoms with Crippen LogP contribution in [-0.4, -0.2) is 36.0 Å². The molecule has 0 spiro atoms. The van der Waals surface area contributed by atoms with Gasteiger partial charge in [-0.05, 0) is 73.1 Å². The second-order valence-corrected chi connectivity index (χ2v) is 6.35. The molecule has 4 nitrogen and oxygen atoms in total. The maximum absolute atomic E-state index is 12.2. The first-order chi connectivity index (χ1) is 11.7. The number of likely N-dealkylation sites (N-methyl/N-ethyl adjacent to an activating group) is 1. The summed E-state index contributed by atoms with van der Waals surface area (Å²) in [5, 5.41) is 0. The highest BCUT2D eigenvalue weighted by atomic mass is 16.5. The van der Waals surface area contributed by atoms with Gasteiger partial charge in [0, 0.05) is 26.0 Å². The first kappa shape index (κ1) is 16.5. The minimum absolute atomic E-state index is 0.00165. The normalized spacial score (nSPS) is 13.2. The number of aromatic nitrogens is 1. The smallest absolute Gasteiger partial charge is 0.260 e. The van der Waals surface area contributed by atoms with E-state index in [0.29, 0.717) is 6.54 Å². The predicted molar refractivity (Wildman–Crippen MR) is 94.2 cm³/mol. The zero-order valence-electron chi connectivity index (χ0n) is 14.2. The number of pyridine rings is 1. The Bertz CT molecular complexity index is 685. The number of amides is 1. The summed E-state index contributed by atoms with van der Waals surface area (Å²) in [5.74, 6) is 0.799. The van der Waals surface area contributed by atoms with E-state index in [9.17, 15) is 4.79 Å². The molecule has 0 atom stereocenters. The van der Waals surface area contributed by atoms with Gasteiger partial charge in [-0.1, -0.05) is 6.07 Å². The molecule has 1 aliphatic rings. The molecule has 4 heteroatoms. The fourth-order valence-electron chi connectivity index (χ4n) is 3.03. The van der Waals surface area contributed by atoms with Crippen LogP contribution in [0.15, 0.2) is 42.7 Å². The summed E-state index contributed by atoms with van der Waals surface area (Å²) < 4.78 is 5.71. The molecular formula is C20H24N2O2. The van der Waals surface area contributed by atoms with Gasteiger partial charge in [0.15, 0.2) is 6.61 Å². The average molecular weight is 324 g/mol. The molecule has 1 aromatic carbocycles. The molecule has 1 amide bonds. The lowest BCUT2D eigenvalue weighted by molar-refractivity contribution is -0.132. The monoisotopic (exact) mass is 324 g/mol. The van der Waals surface area contributed by atoms with Crippen LogP contribution in [0.4, 0.5) is 0 Å². The highest BCUT2D eigenvalue weighted by Crippen LogP contribution is 2.25. The van der Waals surface area contributed by atoms with Crippen LogP contribution < -0.4 is 4.74 Å². The molecule has 1 aromatic heterocycles. The Hall–Kier alpha value is -2.36. The summed E-state index contributed by atoms with van der Waals surface area (Å²) in [6, 6.07) is 10.2. The number of rotatable bonds is 6. The third-order valence-corrected chi connectivity index (χ3v) is 4.59. The van der Waals surface area contributed by atoms with E-state index in [2.05, 4.69) is 17.1 Å². The van der Waals surface area contributed by atoms with Gasteiger partial charge in [0.25, 0.3) is 5.91 Å². The van der Waals surface area contributed by atoms with Gasteiger partial charge in [0.05, 0.1) is 0 Å². The lowest BCUT2D eigenvalue weighted by Gasteiger charge is -2.19. The van der Waals surface area contributed by atoms with Crippen LogP contribution in [0, 0.1) is 0 Å². The number of benzene rings is 1. The fraction of sp³-hybridized carbons (Fsp3) is 0.400. The summed E-state index contributed by atoms with van der Waals surface area (Å²) in [4.78, 5) is 17.9. The zero-order chi connectivity index (χ0) is 16.8.